The van der Waals surface area contributed by atoms with Crippen LogP contribution in [0, 0.1) is 10.1 Å². The summed E-state index contributed by atoms with van der Waals surface area (Å²) in [4.78, 5) is 41.7. The van der Waals surface area contributed by atoms with Crippen LogP contribution in [0.25, 0.3) is 6.08 Å². The molecule has 2 heterocycles. The van der Waals surface area contributed by atoms with E-state index in [0.717, 1.165) is 11.3 Å². The molecule has 0 bridgehead atoms. The number of aromatic nitrogens is 1. The third-order valence-corrected chi connectivity index (χ3v) is 6.54. The zero-order valence-corrected chi connectivity index (χ0v) is 19.6. The number of hydrogen-bond acceptors (Lipinski definition) is 8. The Balaban J connectivity index is 1.97. The molecule has 1 atom stereocenters. The molecule has 1 aromatic heterocycles. The van der Waals surface area contributed by atoms with Gasteiger partial charge in [-0.3, -0.25) is 19.5 Å². The fourth-order valence-corrected chi connectivity index (χ4v) is 5.00. The molecule has 0 radical (unpaired) electrons. The molecule has 0 amide bonds. The predicted molar refractivity (Wildman–Crippen MR) is 127 cm³/mol. The number of fused-ring (bicyclic) bond motifs is 1. The summed E-state index contributed by atoms with van der Waals surface area (Å²) in [6, 6.07) is 9.86. The Hall–Kier alpha value is -3.76. The van der Waals surface area contributed by atoms with E-state index in [4.69, 9.17) is 16.3 Å². The van der Waals surface area contributed by atoms with E-state index in [-0.39, 0.29) is 16.7 Å². The van der Waals surface area contributed by atoms with E-state index in [0.29, 0.717) is 26.6 Å². The highest BCUT2D eigenvalue weighted by Gasteiger charge is 2.34. The summed E-state index contributed by atoms with van der Waals surface area (Å²) in [6.45, 7) is 3.50. The molecule has 0 fully saturated rings. The second-order valence-corrected chi connectivity index (χ2v) is 8.75. The molecule has 4 rings (SSSR count). The van der Waals surface area contributed by atoms with E-state index in [1.807, 2.05) is 0 Å². The van der Waals surface area contributed by atoms with Crippen LogP contribution in [0.5, 0.6) is 5.75 Å². The molecule has 34 heavy (non-hydrogen) atoms. The van der Waals surface area contributed by atoms with E-state index < -0.39 is 33.9 Å². The molecule has 0 saturated heterocycles. The summed E-state index contributed by atoms with van der Waals surface area (Å²) in [5, 5.41) is 21.2. The summed E-state index contributed by atoms with van der Waals surface area (Å²) < 4.78 is 6.87. The van der Waals surface area contributed by atoms with Gasteiger partial charge in [-0.05, 0) is 43.2 Å². The third kappa shape index (κ3) is 4.13. The fourth-order valence-electron chi connectivity index (χ4n) is 3.71. The molecule has 1 aliphatic heterocycles. The monoisotopic (exact) mass is 499 g/mol. The SMILES string of the molecule is CCOC(=O)C1=C(C)N=c2s/c(=C/c3ccc(O)c([N+](=O)[O-])c3)c(=O)n2C1c1ccccc1Cl. The van der Waals surface area contributed by atoms with Crippen molar-refractivity contribution in [2.75, 3.05) is 6.61 Å². The van der Waals surface area contributed by atoms with Crippen molar-refractivity contribution in [3.05, 3.63) is 99.7 Å². The Morgan fingerprint density at radius 1 is 1.35 bits per heavy atom. The number of benzene rings is 2. The predicted octanol–water partition coefficient (Wildman–Crippen LogP) is 3.07. The number of allylic oxidation sites excluding steroid dienone is 1. The van der Waals surface area contributed by atoms with E-state index in [2.05, 4.69) is 4.99 Å². The molecular formula is C23H18ClN3O6S. The molecule has 9 nitrogen and oxygen atoms in total. The number of thiazole rings is 1. The standard InChI is InChI=1S/C23H18ClN3O6S/c1-3-33-22(30)19-12(2)25-23-26(20(19)14-6-4-5-7-15(14)24)21(29)18(34-23)11-13-8-9-17(28)16(10-13)27(31)32/h4-11,20,28H,3H2,1-2H3/b18-11+. The Morgan fingerprint density at radius 3 is 2.76 bits per heavy atom. The molecule has 2 aromatic carbocycles. The number of carbonyl (C=O) groups excluding carboxylic acids is 1. The molecule has 1 aliphatic rings. The molecule has 0 saturated carbocycles. The van der Waals surface area contributed by atoms with Crippen molar-refractivity contribution in [2.24, 2.45) is 4.99 Å². The summed E-state index contributed by atoms with van der Waals surface area (Å²) >= 11 is 7.53. The van der Waals surface area contributed by atoms with Crippen LogP contribution < -0.4 is 14.9 Å². The van der Waals surface area contributed by atoms with Crippen molar-refractivity contribution in [1.82, 2.24) is 4.57 Å². The summed E-state index contributed by atoms with van der Waals surface area (Å²) in [7, 11) is 0. The van der Waals surface area contributed by atoms with Gasteiger partial charge in [-0.1, -0.05) is 47.2 Å². The number of halogens is 1. The third-order valence-electron chi connectivity index (χ3n) is 5.21. The average molecular weight is 500 g/mol. The van der Waals surface area contributed by atoms with Crippen molar-refractivity contribution < 1.29 is 19.6 Å². The highest BCUT2D eigenvalue weighted by molar-refractivity contribution is 7.07. The van der Waals surface area contributed by atoms with Crippen LogP contribution in [-0.2, 0) is 9.53 Å². The first-order valence-corrected chi connectivity index (χ1v) is 11.3. The number of nitro groups is 1. The van der Waals surface area contributed by atoms with E-state index in [1.54, 1.807) is 38.1 Å². The van der Waals surface area contributed by atoms with E-state index >= 15 is 0 Å². The number of phenolic OH excluding ortho intramolecular Hbond substituents is 1. The van der Waals surface area contributed by atoms with E-state index in [1.165, 1.54) is 28.8 Å². The van der Waals surface area contributed by atoms with Crippen molar-refractivity contribution in [3.63, 3.8) is 0 Å². The number of ether oxygens (including phenoxy) is 1. The van der Waals surface area contributed by atoms with Gasteiger partial charge in [0.15, 0.2) is 10.6 Å². The molecule has 1 unspecified atom stereocenters. The van der Waals surface area contributed by atoms with Crippen LogP contribution in [0.1, 0.15) is 31.0 Å². The first-order valence-electron chi connectivity index (χ1n) is 10.1. The number of hydrogen-bond donors (Lipinski definition) is 1. The maximum atomic E-state index is 13.5. The Bertz CT molecular complexity index is 1540. The maximum Gasteiger partial charge on any atom is 0.338 e. The summed E-state index contributed by atoms with van der Waals surface area (Å²) in [5.74, 6) is -1.07. The highest BCUT2D eigenvalue weighted by Crippen LogP contribution is 2.34. The van der Waals surface area contributed by atoms with Gasteiger partial charge in [0.2, 0.25) is 0 Å². The van der Waals surface area contributed by atoms with E-state index in [9.17, 15) is 24.8 Å². The number of aromatic hydroxyl groups is 1. The molecular weight excluding hydrogens is 482 g/mol. The molecule has 11 heteroatoms. The van der Waals surface area contributed by atoms with Crippen molar-refractivity contribution >= 4 is 40.7 Å². The topological polar surface area (TPSA) is 124 Å². The minimum atomic E-state index is -0.861. The number of esters is 1. The lowest BCUT2D eigenvalue weighted by atomic mass is 9.96. The smallest absolute Gasteiger partial charge is 0.338 e. The lowest BCUT2D eigenvalue weighted by Gasteiger charge is -2.25. The highest BCUT2D eigenvalue weighted by atomic mass is 35.5. The number of carbonyl (C=O) groups is 1. The van der Waals surface area contributed by atoms with Crippen LogP contribution in [0.2, 0.25) is 5.02 Å². The van der Waals surface area contributed by atoms with Gasteiger partial charge in [-0.15, -0.1) is 0 Å². The summed E-state index contributed by atoms with van der Waals surface area (Å²) in [6.07, 6.45) is 1.48. The quantitative estimate of drug-likeness (QED) is 0.327. The maximum absolute atomic E-state index is 13.5. The van der Waals surface area contributed by atoms with Crippen LogP contribution >= 0.6 is 22.9 Å². The van der Waals surface area contributed by atoms with Gasteiger partial charge in [0.25, 0.3) is 5.56 Å². The molecule has 174 valence electrons. The van der Waals surface area contributed by atoms with Crippen LogP contribution in [-0.4, -0.2) is 27.2 Å². The summed E-state index contributed by atoms with van der Waals surface area (Å²) in [5.41, 5.74) is 0.569. The fraction of sp³-hybridized carbons (Fsp3) is 0.174. The molecule has 0 aliphatic carbocycles. The minimum absolute atomic E-state index is 0.148. The second kappa shape index (κ2) is 9.24. The zero-order valence-electron chi connectivity index (χ0n) is 18.0. The van der Waals surface area contributed by atoms with Gasteiger partial charge in [-0.25, -0.2) is 9.79 Å². The van der Waals surface area contributed by atoms with Crippen molar-refractivity contribution in [3.8, 4) is 5.75 Å². The number of phenols is 1. The Kier molecular flexibility index (Phi) is 6.36. The molecule has 1 N–H and O–H groups in total. The first-order chi connectivity index (χ1) is 16.2. The number of nitrogens with zero attached hydrogens (tertiary/aromatic N) is 3. The second-order valence-electron chi connectivity index (χ2n) is 7.33. The van der Waals surface area contributed by atoms with Gasteiger partial charge in [0.05, 0.1) is 27.3 Å². The minimum Gasteiger partial charge on any atom is -0.502 e. The van der Waals surface area contributed by atoms with Crippen molar-refractivity contribution in [1.29, 1.82) is 0 Å². The lowest BCUT2D eigenvalue weighted by Crippen LogP contribution is -2.40. The van der Waals surface area contributed by atoms with Gasteiger partial charge in [0.1, 0.15) is 6.04 Å². The molecule has 3 aromatic rings. The lowest BCUT2D eigenvalue weighted by molar-refractivity contribution is -0.385. The van der Waals surface area contributed by atoms with Gasteiger partial charge in [0, 0.05) is 11.1 Å². The Labute approximate surface area is 201 Å². The van der Waals surface area contributed by atoms with Crippen molar-refractivity contribution in [2.45, 2.75) is 19.9 Å². The van der Waals surface area contributed by atoms with Crippen LogP contribution in [0.3, 0.4) is 0 Å². The Morgan fingerprint density at radius 2 is 2.09 bits per heavy atom. The van der Waals surface area contributed by atoms with Gasteiger partial charge in [-0.2, -0.15) is 0 Å². The number of rotatable bonds is 5. The van der Waals surface area contributed by atoms with Gasteiger partial charge < -0.3 is 9.84 Å². The van der Waals surface area contributed by atoms with Crippen LogP contribution in [0.4, 0.5) is 5.69 Å². The largest absolute Gasteiger partial charge is 0.502 e. The molecule has 0 spiro atoms. The van der Waals surface area contributed by atoms with Gasteiger partial charge >= 0.3 is 11.7 Å². The van der Waals surface area contributed by atoms with Crippen LogP contribution in [0.15, 0.2) is 63.5 Å². The average Bonchev–Trinajstić information content (AvgIpc) is 3.09. The zero-order chi connectivity index (χ0) is 24.6. The first kappa shape index (κ1) is 23.4. The normalized spacial score (nSPS) is 15.6. The number of nitro benzene ring substituents is 1.